The van der Waals surface area contributed by atoms with E-state index < -0.39 is 10.0 Å². The minimum absolute atomic E-state index is 0.100. The summed E-state index contributed by atoms with van der Waals surface area (Å²) in [5.41, 5.74) is 1.13. The molecular weight excluding hydrogens is 428 g/mol. The Labute approximate surface area is 189 Å². The van der Waals surface area contributed by atoms with Gasteiger partial charge in [-0.25, -0.2) is 12.7 Å². The number of rotatable bonds is 8. The number of carbonyl (C=O) groups excluding carboxylic acids is 1. The van der Waals surface area contributed by atoms with Crippen LogP contribution in [0.5, 0.6) is 11.5 Å². The van der Waals surface area contributed by atoms with E-state index in [2.05, 4.69) is 5.32 Å². The molecule has 0 spiro atoms. The van der Waals surface area contributed by atoms with Crippen molar-refractivity contribution >= 4 is 15.9 Å². The number of carbonyl (C=O) groups is 1. The summed E-state index contributed by atoms with van der Waals surface area (Å²) in [4.78, 5) is 12.7. The highest BCUT2D eigenvalue weighted by molar-refractivity contribution is 7.89. The maximum atomic E-state index is 12.8. The van der Waals surface area contributed by atoms with Crippen LogP contribution in [0.15, 0.2) is 54.6 Å². The second-order valence-corrected chi connectivity index (χ2v) is 10.4. The Hall–Kier alpha value is -2.58. The molecular formula is C24H30N2O5S. The Morgan fingerprint density at radius 3 is 2.62 bits per heavy atom. The molecule has 0 bridgehead atoms. The highest BCUT2D eigenvalue weighted by Crippen LogP contribution is 2.30. The Morgan fingerprint density at radius 2 is 1.81 bits per heavy atom. The molecule has 7 nitrogen and oxygen atoms in total. The molecule has 1 fully saturated rings. The molecule has 172 valence electrons. The lowest BCUT2D eigenvalue weighted by atomic mass is 9.99. The Morgan fingerprint density at radius 1 is 1.06 bits per heavy atom. The summed E-state index contributed by atoms with van der Waals surface area (Å²) >= 11 is 0. The minimum atomic E-state index is -3.38. The molecule has 0 radical (unpaired) electrons. The lowest BCUT2D eigenvalue weighted by molar-refractivity contribution is -0.126. The van der Waals surface area contributed by atoms with E-state index in [-0.39, 0.29) is 30.2 Å². The summed E-state index contributed by atoms with van der Waals surface area (Å²) < 4.78 is 38.7. The molecule has 2 aromatic rings. The average molecular weight is 459 g/mol. The SMILES string of the molecule is O=C(NC[C@@H]1COc2ccccc2O1)[C@H]1CCCN(S(=O)(=O)CCCc2ccccc2)C1. The van der Waals surface area contributed by atoms with E-state index in [0.29, 0.717) is 50.5 Å². The summed E-state index contributed by atoms with van der Waals surface area (Å²) in [7, 11) is -3.38. The zero-order chi connectivity index (χ0) is 22.4. The van der Waals surface area contributed by atoms with Crippen molar-refractivity contribution in [1.82, 2.24) is 9.62 Å². The van der Waals surface area contributed by atoms with Crippen molar-refractivity contribution in [3.63, 3.8) is 0 Å². The molecule has 8 heteroatoms. The van der Waals surface area contributed by atoms with Crippen LogP contribution < -0.4 is 14.8 Å². The molecule has 2 atom stereocenters. The number of aryl methyl sites for hydroxylation is 1. The van der Waals surface area contributed by atoms with Gasteiger partial charge in [0.15, 0.2) is 11.5 Å². The number of nitrogens with zero attached hydrogens (tertiary/aromatic N) is 1. The van der Waals surface area contributed by atoms with E-state index in [9.17, 15) is 13.2 Å². The number of piperidine rings is 1. The first-order valence-corrected chi connectivity index (χ1v) is 12.8. The van der Waals surface area contributed by atoms with Gasteiger partial charge in [-0.2, -0.15) is 0 Å². The van der Waals surface area contributed by atoms with Gasteiger partial charge in [0.1, 0.15) is 12.7 Å². The highest BCUT2D eigenvalue weighted by Gasteiger charge is 2.32. The van der Waals surface area contributed by atoms with Gasteiger partial charge in [-0.3, -0.25) is 4.79 Å². The van der Waals surface area contributed by atoms with E-state index in [1.54, 1.807) is 0 Å². The van der Waals surface area contributed by atoms with E-state index in [4.69, 9.17) is 9.47 Å². The molecule has 4 rings (SSSR count). The summed E-state index contributed by atoms with van der Waals surface area (Å²) in [6.07, 6.45) is 2.40. The van der Waals surface area contributed by atoms with Crippen LogP contribution >= 0.6 is 0 Å². The summed E-state index contributed by atoms with van der Waals surface area (Å²) in [6.45, 7) is 1.41. The Bertz CT molecular complexity index is 1010. The monoisotopic (exact) mass is 458 g/mol. The van der Waals surface area contributed by atoms with Gasteiger partial charge < -0.3 is 14.8 Å². The number of nitrogens with one attached hydrogen (secondary N) is 1. The number of sulfonamides is 1. The van der Waals surface area contributed by atoms with E-state index in [1.165, 1.54) is 4.31 Å². The van der Waals surface area contributed by atoms with Crippen LogP contribution in [0.4, 0.5) is 0 Å². The number of amides is 1. The zero-order valence-corrected chi connectivity index (χ0v) is 18.9. The van der Waals surface area contributed by atoms with Gasteiger partial charge in [-0.15, -0.1) is 0 Å². The number of hydrogen-bond acceptors (Lipinski definition) is 5. The molecule has 2 heterocycles. The van der Waals surface area contributed by atoms with Crippen molar-refractivity contribution in [3.05, 3.63) is 60.2 Å². The lowest BCUT2D eigenvalue weighted by Crippen LogP contribution is -2.48. The largest absolute Gasteiger partial charge is 0.486 e. The van der Waals surface area contributed by atoms with Gasteiger partial charge in [-0.05, 0) is 43.4 Å². The fourth-order valence-corrected chi connectivity index (χ4v) is 5.75. The van der Waals surface area contributed by atoms with Gasteiger partial charge in [-0.1, -0.05) is 42.5 Å². The summed E-state index contributed by atoms with van der Waals surface area (Å²) in [6, 6.07) is 17.3. The van der Waals surface area contributed by atoms with E-state index in [1.807, 2.05) is 54.6 Å². The molecule has 0 saturated carbocycles. The highest BCUT2D eigenvalue weighted by atomic mass is 32.2. The molecule has 0 aromatic heterocycles. The zero-order valence-electron chi connectivity index (χ0n) is 18.1. The number of hydrogen-bond donors (Lipinski definition) is 1. The van der Waals surface area contributed by atoms with E-state index >= 15 is 0 Å². The Kier molecular flexibility index (Phi) is 7.32. The molecule has 1 amide bonds. The summed E-state index contributed by atoms with van der Waals surface area (Å²) in [5.74, 6) is 1.00. The molecule has 1 N–H and O–H groups in total. The first kappa shape index (κ1) is 22.6. The number of ether oxygens (including phenoxy) is 2. The van der Waals surface area contributed by atoms with Crippen molar-refractivity contribution in [2.75, 3.05) is 32.0 Å². The van der Waals surface area contributed by atoms with Crippen LogP contribution in [-0.4, -0.2) is 56.7 Å². The lowest BCUT2D eigenvalue weighted by Gasteiger charge is -2.32. The van der Waals surface area contributed by atoms with Gasteiger partial charge in [0.2, 0.25) is 15.9 Å². The first-order chi connectivity index (χ1) is 15.5. The van der Waals surface area contributed by atoms with Crippen molar-refractivity contribution in [3.8, 4) is 11.5 Å². The van der Waals surface area contributed by atoms with Crippen molar-refractivity contribution in [1.29, 1.82) is 0 Å². The maximum Gasteiger partial charge on any atom is 0.224 e. The quantitative estimate of drug-likeness (QED) is 0.657. The standard InChI is InChI=1S/C24H30N2O5S/c27-24(25-16-21-18-30-22-12-4-5-13-23(22)31-21)20-11-6-14-26(17-20)32(28,29)15-7-10-19-8-2-1-3-9-19/h1-5,8-9,12-13,20-21H,6-7,10-11,14-18H2,(H,25,27)/t20-,21+/m0/s1. The topological polar surface area (TPSA) is 84.9 Å². The van der Waals surface area contributed by atoms with Crippen molar-refractivity contribution in [2.45, 2.75) is 31.8 Å². The average Bonchev–Trinajstić information content (AvgIpc) is 2.83. The molecule has 0 aliphatic carbocycles. The van der Waals surface area contributed by atoms with Gasteiger partial charge in [0.05, 0.1) is 18.2 Å². The third-order valence-electron chi connectivity index (χ3n) is 5.93. The maximum absolute atomic E-state index is 12.8. The normalized spacial score (nSPS) is 21.1. The van der Waals surface area contributed by atoms with Gasteiger partial charge >= 0.3 is 0 Å². The molecule has 0 unspecified atom stereocenters. The fourth-order valence-electron chi connectivity index (χ4n) is 4.16. The van der Waals surface area contributed by atoms with Gasteiger partial charge in [0.25, 0.3) is 0 Å². The van der Waals surface area contributed by atoms with Crippen LogP contribution in [0.1, 0.15) is 24.8 Å². The second kappa shape index (κ2) is 10.4. The predicted molar refractivity (Wildman–Crippen MR) is 122 cm³/mol. The third-order valence-corrected chi connectivity index (χ3v) is 7.85. The molecule has 2 aliphatic heterocycles. The third kappa shape index (κ3) is 5.81. The van der Waals surface area contributed by atoms with Crippen molar-refractivity contribution < 1.29 is 22.7 Å². The molecule has 2 aromatic carbocycles. The van der Waals surface area contributed by atoms with Crippen LogP contribution in [0.2, 0.25) is 0 Å². The molecule has 32 heavy (non-hydrogen) atoms. The molecule has 1 saturated heterocycles. The fraction of sp³-hybridized carbons (Fsp3) is 0.458. The number of para-hydroxylation sites is 2. The first-order valence-electron chi connectivity index (χ1n) is 11.2. The van der Waals surface area contributed by atoms with Gasteiger partial charge in [0, 0.05) is 13.1 Å². The minimum Gasteiger partial charge on any atom is -0.486 e. The smallest absolute Gasteiger partial charge is 0.224 e. The number of fused-ring (bicyclic) bond motifs is 1. The molecule has 2 aliphatic rings. The second-order valence-electron chi connectivity index (χ2n) is 8.35. The predicted octanol–water partition coefficient (Wildman–Crippen LogP) is 2.62. The van der Waals surface area contributed by atoms with Crippen LogP contribution in [0.3, 0.4) is 0 Å². The van der Waals surface area contributed by atoms with Crippen LogP contribution in [0.25, 0.3) is 0 Å². The van der Waals surface area contributed by atoms with Crippen LogP contribution in [0, 0.1) is 5.92 Å². The van der Waals surface area contributed by atoms with Crippen molar-refractivity contribution in [2.24, 2.45) is 5.92 Å². The Balaban J connectivity index is 1.24. The van der Waals surface area contributed by atoms with Crippen LogP contribution in [-0.2, 0) is 21.2 Å². The summed E-state index contributed by atoms with van der Waals surface area (Å²) in [5, 5.41) is 2.92. The number of benzene rings is 2. The van der Waals surface area contributed by atoms with E-state index in [0.717, 1.165) is 12.0 Å².